The van der Waals surface area contributed by atoms with Gasteiger partial charge in [-0.25, -0.2) is 0 Å². The van der Waals surface area contributed by atoms with E-state index in [2.05, 4.69) is 31.0 Å². The average Bonchev–Trinajstić information content (AvgIpc) is 2.40. The molecule has 0 aromatic heterocycles. The second-order valence-electron chi connectivity index (χ2n) is 5.10. The van der Waals surface area contributed by atoms with Gasteiger partial charge in [-0.2, -0.15) is 0 Å². The molecular weight excluding hydrogens is 212 g/mol. The van der Waals surface area contributed by atoms with Crippen molar-refractivity contribution < 1.29 is 4.79 Å². The Morgan fingerprint density at radius 3 is 2.53 bits per heavy atom. The van der Waals surface area contributed by atoms with Crippen LogP contribution in [-0.2, 0) is 4.79 Å². The van der Waals surface area contributed by atoms with Crippen molar-refractivity contribution in [2.75, 3.05) is 26.2 Å². The molecule has 17 heavy (non-hydrogen) atoms. The minimum Gasteiger partial charge on any atom is -0.342 e. The zero-order valence-corrected chi connectivity index (χ0v) is 11.7. The van der Waals surface area contributed by atoms with Crippen LogP contribution in [0.1, 0.15) is 46.5 Å². The van der Waals surface area contributed by atoms with Gasteiger partial charge in [0.05, 0.1) is 5.92 Å². The molecule has 1 aliphatic rings. The van der Waals surface area contributed by atoms with Gasteiger partial charge < -0.3 is 10.2 Å². The molecule has 0 aliphatic carbocycles. The number of nitrogens with one attached hydrogen (secondary N) is 1. The van der Waals surface area contributed by atoms with Crippen molar-refractivity contribution in [1.82, 2.24) is 10.2 Å². The number of piperidine rings is 1. The minimum atomic E-state index is 0.220. The largest absolute Gasteiger partial charge is 0.342 e. The Bertz CT molecular complexity index is 220. The summed E-state index contributed by atoms with van der Waals surface area (Å²) in [7, 11) is 0. The number of carbonyl (C=O) groups is 1. The van der Waals surface area contributed by atoms with E-state index in [4.69, 9.17) is 0 Å². The molecule has 1 heterocycles. The first-order valence-electron chi connectivity index (χ1n) is 7.22. The SMILES string of the molecule is CCC(CC)CN(CC)C(=O)[C@@H]1CCCNC1. The number of amides is 1. The molecule has 1 saturated heterocycles. The van der Waals surface area contributed by atoms with Crippen LogP contribution in [0.15, 0.2) is 0 Å². The average molecular weight is 240 g/mol. The van der Waals surface area contributed by atoms with Crippen LogP contribution in [0.4, 0.5) is 0 Å². The van der Waals surface area contributed by atoms with Crippen LogP contribution in [0.2, 0.25) is 0 Å². The molecule has 0 spiro atoms. The third-order valence-corrected chi connectivity index (χ3v) is 3.97. The molecule has 3 heteroatoms. The van der Waals surface area contributed by atoms with Crippen molar-refractivity contribution in [3.8, 4) is 0 Å². The predicted molar refractivity (Wildman–Crippen MR) is 71.9 cm³/mol. The number of hydrogen-bond donors (Lipinski definition) is 1. The molecule has 0 aromatic rings. The smallest absolute Gasteiger partial charge is 0.226 e. The van der Waals surface area contributed by atoms with Crippen LogP contribution in [0.25, 0.3) is 0 Å². The molecule has 100 valence electrons. The monoisotopic (exact) mass is 240 g/mol. The molecule has 1 atom stereocenters. The highest BCUT2D eigenvalue weighted by molar-refractivity contribution is 5.79. The lowest BCUT2D eigenvalue weighted by molar-refractivity contribution is -0.136. The van der Waals surface area contributed by atoms with Crippen LogP contribution >= 0.6 is 0 Å². The van der Waals surface area contributed by atoms with Gasteiger partial charge in [0.2, 0.25) is 5.91 Å². The number of rotatable bonds is 6. The lowest BCUT2D eigenvalue weighted by atomic mass is 9.96. The molecule has 0 radical (unpaired) electrons. The number of carbonyl (C=O) groups excluding carboxylic acids is 1. The van der Waals surface area contributed by atoms with Gasteiger partial charge in [0.1, 0.15) is 0 Å². The molecule has 0 bridgehead atoms. The quantitative estimate of drug-likeness (QED) is 0.772. The Morgan fingerprint density at radius 2 is 2.06 bits per heavy atom. The maximum Gasteiger partial charge on any atom is 0.226 e. The zero-order chi connectivity index (χ0) is 12.7. The van der Waals surface area contributed by atoms with Gasteiger partial charge in [0.25, 0.3) is 0 Å². The zero-order valence-electron chi connectivity index (χ0n) is 11.7. The third-order valence-electron chi connectivity index (χ3n) is 3.97. The van der Waals surface area contributed by atoms with E-state index in [1.807, 2.05) is 0 Å². The molecule has 1 fully saturated rings. The van der Waals surface area contributed by atoms with Gasteiger partial charge >= 0.3 is 0 Å². The first kappa shape index (κ1) is 14.5. The van der Waals surface area contributed by atoms with Crippen molar-refractivity contribution in [1.29, 1.82) is 0 Å². The van der Waals surface area contributed by atoms with Crippen LogP contribution in [0.5, 0.6) is 0 Å². The van der Waals surface area contributed by atoms with Crippen molar-refractivity contribution in [2.45, 2.75) is 46.5 Å². The highest BCUT2D eigenvalue weighted by atomic mass is 16.2. The van der Waals surface area contributed by atoms with E-state index >= 15 is 0 Å². The molecule has 0 aromatic carbocycles. The highest BCUT2D eigenvalue weighted by Crippen LogP contribution is 2.16. The Labute approximate surface area is 106 Å². The third kappa shape index (κ3) is 4.30. The topological polar surface area (TPSA) is 32.3 Å². The van der Waals surface area contributed by atoms with E-state index in [0.29, 0.717) is 11.8 Å². The van der Waals surface area contributed by atoms with Gasteiger partial charge in [0, 0.05) is 19.6 Å². The Kier molecular flexibility index (Phi) is 6.56. The summed E-state index contributed by atoms with van der Waals surface area (Å²) in [4.78, 5) is 14.4. The summed E-state index contributed by atoms with van der Waals surface area (Å²) >= 11 is 0. The lowest BCUT2D eigenvalue weighted by Crippen LogP contribution is -2.44. The maximum atomic E-state index is 12.4. The van der Waals surface area contributed by atoms with Gasteiger partial charge in [-0.15, -0.1) is 0 Å². The van der Waals surface area contributed by atoms with Crippen LogP contribution < -0.4 is 5.32 Å². The molecule has 3 nitrogen and oxygen atoms in total. The van der Waals surface area contributed by atoms with E-state index in [1.54, 1.807) is 0 Å². The molecule has 1 amide bonds. The predicted octanol–water partition coefficient (Wildman–Crippen LogP) is 2.27. The van der Waals surface area contributed by atoms with E-state index < -0.39 is 0 Å². The number of hydrogen-bond acceptors (Lipinski definition) is 2. The molecule has 1 N–H and O–H groups in total. The summed E-state index contributed by atoms with van der Waals surface area (Å²) in [6.07, 6.45) is 4.54. The van der Waals surface area contributed by atoms with Gasteiger partial charge in [-0.3, -0.25) is 4.79 Å². The van der Waals surface area contributed by atoms with E-state index in [0.717, 1.165) is 39.0 Å². The van der Waals surface area contributed by atoms with Crippen LogP contribution in [-0.4, -0.2) is 37.0 Å². The summed E-state index contributed by atoms with van der Waals surface area (Å²) in [6, 6.07) is 0. The van der Waals surface area contributed by atoms with E-state index in [9.17, 15) is 4.79 Å². The first-order chi connectivity index (χ1) is 8.22. The van der Waals surface area contributed by atoms with E-state index in [-0.39, 0.29) is 5.92 Å². The van der Waals surface area contributed by atoms with Gasteiger partial charge in [-0.05, 0) is 32.2 Å². The fourth-order valence-electron chi connectivity index (χ4n) is 2.55. The fraction of sp³-hybridized carbons (Fsp3) is 0.929. The van der Waals surface area contributed by atoms with Crippen molar-refractivity contribution in [2.24, 2.45) is 11.8 Å². The second kappa shape index (κ2) is 7.70. The second-order valence-corrected chi connectivity index (χ2v) is 5.10. The summed E-state index contributed by atoms with van der Waals surface area (Å²) in [6.45, 7) is 10.3. The summed E-state index contributed by atoms with van der Waals surface area (Å²) in [5, 5.41) is 3.33. The molecule has 1 aliphatic heterocycles. The Balaban J connectivity index is 2.50. The maximum absolute atomic E-state index is 12.4. The molecule has 0 saturated carbocycles. The van der Waals surface area contributed by atoms with Crippen molar-refractivity contribution in [3.05, 3.63) is 0 Å². The molecule has 0 unspecified atom stereocenters. The van der Waals surface area contributed by atoms with Crippen molar-refractivity contribution >= 4 is 5.91 Å². The Morgan fingerprint density at radius 1 is 1.35 bits per heavy atom. The summed E-state index contributed by atoms with van der Waals surface area (Å²) in [5.41, 5.74) is 0. The van der Waals surface area contributed by atoms with Crippen LogP contribution in [0, 0.1) is 11.8 Å². The van der Waals surface area contributed by atoms with Crippen molar-refractivity contribution in [3.63, 3.8) is 0 Å². The number of nitrogens with zero attached hydrogens (tertiary/aromatic N) is 1. The Hall–Kier alpha value is -0.570. The molecular formula is C14H28N2O. The van der Waals surface area contributed by atoms with Gasteiger partial charge in [0.15, 0.2) is 0 Å². The fourth-order valence-corrected chi connectivity index (χ4v) is 2.55. The standard InChI is InChI=1S/C14H28N2O/c1-4-12(5-2)11-16(6-3)14(17)13-8-7-9-15-10-13/h12-13,15H,4-11H2,1-3H3/t13-/m1/s1. The van der Waals surface area contributed by atoms with E-state index in [1.165, 1.54) is 12.8 Å². The normalized spacial score (nSPS) is 20.6. The first-order valence-corrected chi connectivity index (χ1v) is 7.22. The summed E-state index contributed by atoms with van der Waals surface area (Å²) in [5.74, 6) is 1.25. The lowest BCUT2D eigenvalue weighted by Gasteiger charge is -2.31. The molecule has 1 rings (SSSR count). The minimum absolute atomic E-state index is 0.220. The summed E-state index contributed by atoms with van der Waals surface area (Å²) < 4.78 is 0. The van der Waals surface area contributed by atoms with Crippen LogP contribution in [0.3, 0.4) is 0 Å². The van der Waals surface area contributed by atoms with Gasteiger partial charge in [-0.1, -0.05) is 26.7 Å². The highest BCUT2D eigenvalue weighted by Gasteiger charge is 2.25.